The molecule has 0 bridgehead atoms. The molecular weight excluding hydrogens is 454 g/mol. The molecule has 0 aliphatic carbocycles. The van der Waals surface area contributed by atoms with E-state index in [9.17, 15) is 14.4 Å². The Morgan fingerprint density at radius 2 is 1.86 bits per heavy atom. The minimum Gasteiger partial charge on any atom is -0.361 e. The van der Waals surface area contributed by atoms with E-state index in [2.05, 4.69) is 15.6 Å². The molecule has 188 valence electrons. The van der Waals surface area contributed by atoms with Crippen molar-refractivity contribution in [3.63, 3.8) is 0 Å². The van der Waals surface area contributed by atoms with Crippen molar-refractivity contribution < 1.29 is 14.4 Å². The van der Waals surface area contributed by atoms with Crippen LogP contribution in [-0.4, -0.2) is 52.3 Å². The molecule has 2 atom stereocenters. The Morgan fingerprint density at radius 3 is 2.67 bits per heavy atom. The lowest BCUT2D eigenvalue weighted by Gasteiger charge is -2.30. The van der Waals surface area contributed by atoms with Crippen LogP contribution in [0.2, 0.25) is 0 Å². The molecule has 2 aliphatic rings. The smallest absolute Gasteiger partial charge is 0.245 e. The van der Waals surface area contributed by atoms with Gasteiger partial charge in [-0.15, -0.1) is 0 Å². The van der Waals surface area contributed by atoms with Crippen molar-refractivity contribution in [1.82, 2.24) is 15.2 Å². The van der Waals surface area contributed by atoms with Gasteiger partial charge in [0.1, 0.15) is 6.04 Å². The molecule has 3 aromatic rings. The highest BCUT2D eigenvalue weighted by atomic mass is 16.2. The van der Waals surface area contributed by atoms with Crippen LogP contribution in [0, 0.1) is 0 Å². The van der Waals surface area contributed by atoms with Gasteiger partial charge in [0.05, 0.1) is 11.0 Å². The van der Waals surface area contributed by atoms with Crippen LogP contribution in [0.4, 0.5) is 5.69 Å². The van der Waals surface area contributed by atoms with E-state index < -0.39 is 17.0 Å². The minimum absolute atomic E-state index is 0.00604. The summed E-state index contributed by atoms with van der Waals surface area (Å²) in [5, 5.41) is 6.96. The first-order valence-electron chi connectivity index (χ1n) is 12.5. The molecule has 5 rings (SSSR count). The quantitative estimate of drug-likeness (QED) is 0.442. The predicted octanol–water partition coefficient (Wildman–Crippen LogP) is 2.84. The average Bonchev–Trinajstić information content (AvgIpc) is 3.27. The number of H-pyrrole nitrogens is 1. The highest BCUT2D eigenvalue weighted by molar-refractivity contribution is 6.06. The van der Waals surface area contributed by atoms with Gasteiger partial charge in [0.15, 0.2) is 0 Å². The monoisotopic (exact) mass is 487 g/mol. The van der Waals surface area contributed by atoms with Crippen molar-refractivity contribution in [2.45, 2.75) is 56.5 Å². The van der Waals surface area contributed by atoms with Crippen LogP contribution in [0.1, 0.15) is 44.2 Å². The van der Waals surface area contributed by atoms with Gasteiger partial charge in [-0.1, -0.05) is 36.4 Å². The predicted molar refractivity (Wildman–Crippen MR) is 139 cm³/mol. The molecule has 3 amide bonds. The van der Waals surface area contributed by atoms with Crippen LogP contribution in [0.15, 0.2) is 54.7 Å². The normalized spacial score (nSPS) is 20.6. The van der Waals surface area contributed by atoms with Gasteiger partial charge in [-0.3, -0.25) is 14.4 Å². The molecule has 0 saturated carbocycles. The summed E-state index contributed by atoms with van der Waals surface area (Å²) in [5.74, 6) is -0.524. The second kappa shape index (κ2) is 9.09. The molecule has 5 N–H and O–H groups in total. The Bertz CT molecular complexity index is 1320. The van der Waals surface area contributed by atoms with Gasteiger partial charge in [-0.05, 0) is 56.4 Å². The van der Waals surface area contributed by atoms with Gasteiger partial charge >= 0.3 is 0 Å². The molecule has 1 fully saturated rings. The zero-order valence-electron chi connectivity index (χ0n) is 20.8. The molecule has 8 nitrogen and oxygen atoms in total. The van der Waals surface area contributed by atoms with Crippen molar-refractivity contribution >= 4 is 34.3 Å². The van der Waals surface area contributed by atoms with Crippen molar-refractivity contribution in [3.8, 4) is 0 Å². The Labute approximate surface area is 210 Å². The summed E-state index contributed by atoms with van der Waals surface area (Å²) in [6, 6.07) is 14.9. The van der Waals surface area contributed by atoms with Crippen molar-refractivity contribution in [1.29, 1.82) is 0 Å². The molecule has 2 aromatic carbocycles. The molecule has 2 aliphatic heterocycles. The zero-order valence-corrected chi connectivity index (χ0v) is 20.8. The number of nitrogens with two attached hydrogens (primary N) is 1. The molecule has 0 unspecified atom stereocenters. The first kappa shape index (κ1) is 24.1. The van der Waals surface area contributed by atoms with Crippen LogP contribution in [0.25, 0.3) is 10.9 Å². The van der Waals surface area contributed by atoms with Gasteiger partial charge in [0, 0.05) is 42.3 Å². The SMILES string of the molecule is CC(C)(N)C(=O)N[C@H](Cc1c[nH]c2ccccc12)C(=O)N1CCC[C@]2(CC1)C(=O)Nc1ccccc12. The number of rotatable bonds is 5. The lowest BCUT2D eigenvalue weighted by molar-refractivity contribution is -0.137. The number of amides is 3. The van der Waals surface area contributed by atoms with E-state index in [0.29, 0.717) is 38.8 Å². The van der Waals surface area contributed by atoms with Gasteiger partial charge in [0.2, 0.25) is 17.7 Å². The number of carbonyl (C=O) groups excluding carboxylic acids is 3. The molecule has 0 radical (unpaired) electrons. The van der Waals surface area contributed by atoms with E-state index in [1.165, 1.54) is 0 Å². The summed E-state index contributed by atoms with van der Waals surface area (Å²) in [6.07, 6.45) is 4.15. The summed E-state index contributed by atoms with van der Waals surface area (Å²) in [7, 11) is 0. The number of aromatic nitrogens is 1. The average molecular weight is 488 g/mol. The fourth-order valence-corrected chi connectivity index (χ4v) is 5.51. The van der Waals surface area contributed by atoms with Gasteiger partial charge < -0.3 is 26.3 Å². The number of hydrogen-bond donors (Lipinski definition) is 4. The van der Waals surface area contributed by atoms with E-state index in [4.69, 9.17) is 5.73 Å². The van der Waals surface area contributed by atoms with Crippen LogP contribution in [0.3, 0.4) is 0 Å². The van der Waals surface area contributed by atoms with E-state index in [-0.39, 0.29) is 17.7 Å². The van der Waals surface area contributed by atoms with Gasteiger partial charge in [-0.2, -0.15) is 0 Å². The Kier molecular flexibility index (Phi) is 6.08. The van der Waals surface area contributed by atoms with E-state index >= 15 is 0 Å². The summed E-state index contributed by atoms with van der Waals surface area (Å²) >= 11 is 0. The second-order valence-electron chi connectivity index (χ2n) is 10.6. The molecule has 1 spiro atoms. The molecule has 8 heteroatoms. The van der Waals surface area contributed by atoms with Crippen LogP contribution in [-0.2, 0) is 26.2 Å². The van der Waals surface area contributed by atoms with E-state index in [1.807, 2.05) is 54.7 Å². The number of likely N-dealkylation sites (tertiary alicyclic amines) is 1. The summed E-state index contributed by atoms with van der Waals surface area (Å²) in [4.78, 5) is 44.8. The van der Waals surface area contributed by atoms with Crippen LogP contribution < -0.4 is 16.4 Å². The summed E-state index contributed by atoms with van der Waals surface area (Å²) < 4.78 is 0. The molecule has 36 heavy (non-hydrogen) atoms. The van der Waals surface area contributed by atoms with Crippen LogP contribution >= 0.6 is 0 Å². The van der Waals surface area contributed by atoms with E-state index in [1.54, 1.807) is 18.7 Å². The summed E-state index contributed by atoms with van der Waals surface area (Å²) in [6.45, 7) is 4.22. The fraction of sp³-hybridized carbons (Fsp3) is 0.393. The van der Waals surface area contributed by atoms with Crippen molar-refractivity contribution in [3.05, 3.63) is 65.9 Å². The van der Waals surface area contributed by atoms with Gasteiger partial charge in [-0.25, -0.2) is 0 Å². The van der Waals surface area contributed by atoms with Crippen LogP contribution in [0.5, 0.6) is 0 Å². The number of anilines is 1. The number of nitrogens with one attached hydrogen (secondary N) is 3. The lowest BCUT2D eigenvalue weighted by atomic mass is 9.75. The second-order valence-corrected chi connectivity index (χ2v) is 10.6. The number of fused-ring (bicyclic) bond motifs is 3. The van der Waals surface area contributed by atoms with Gasteiger partial charge in [0.25, 0.3) is 0 Å². The topological polar surface area (TPSA) is 120 Å². The standard InChI is InChI=1S/C28H33N5O3/c1-27(2,29)25(35)32-23(16-18-17-30-21-10-5-3-8-19(18)21)24(34)33-14-7-12-28(13-15-33)20-9-4-6-11-22(20)31-26(28)36/h3-6,8-11,17,23,30H,7,12-16,29H2,1-2H3,(H,31,36)(H,32,35)/t23-,28-/m1/s1. The van der Waals surface area contributed by atoms with Crippen molar-refractivity contribution in [2.24, 2.45) is 5.73 Å². The fourth-order valence-electron chi connectivity index (χ4n) is 5.51. The molecular formula is C28H33N5O3. The summed E-state index contributed by atoms with van der Waals surface area (Å²) in [5.41, 5.74) is 8.11. The highest BCUT2D eigenvalue weighted by Crippen LogP contribution is 2.44. The number of hydrogen-bond acceptors (Lipinski definition) is 4. The zero-order chi connectivity index (χ0) is 25.5. The third-order valence-electron chi connectivity index (χ3n) is 7.56. The molecule has 1 aromatic heterocycles. The Hall–Kier alpha value is -3.65. The number of nitrogens with zero attached hydrogens (tertiary/aromatic N) is 1. The minimum atomic E-state index is -1.12. The Morgan fingerprint density at radius 1 is 1.11 bits per heavy atom. The molecule has 1 saturated heterocycles. The maximum atomic E-state index is 13.9. The number of aromatic amines is 1. The number of para-hydroxylation sites is 2. The first-order chi connectivity index (χ1) is 17.2. The largest absolute Gasteiger partial charge is 0.361 e. The number of carbonyl (C=O) groups is 3. The molecule has 3 heterocycles. The van der Waals surface area contributed by atoms with E-state index in [0.717, 1.165) is 27.7 Å². The maximum absolute atomic E-state index is 13.9. The Balaban J connectivity index is 1.39. The van der Waals surface area contributed by atoms with Crippen molar-refractivity contribution in [2.75, 3.05) is 18.4 Å². The lowest BCUT2D eigenvalue weighted by Crippen LogP contribution is -2.57. The number of benzene rings is 2. The highest BCUT2D eigenvalue weighted by Gasteiger charge is 2.47. The third kappa shape index (κ3) is 4.26. The maximum Gasteiger partial charge on any atom is 0.245 e. The third-order valence-corrected chi connectivity index (χ3v) is 7.56. The first-order valence-corrected chi connectivity index (χ1v) is 12.5.